The minimum Gasteiger partial charge on any atom is -0.369 e. The lowest BCUT2D eigenvalue weighted by molar-refractivity contribution is -0.0735. The van der Waals surface area contributed by atoms with E-state index in [1.165, 1.54) is 10.4 Å². The van der Waals surface area contributed by atoms with Crippen molar-refractivity contribution in [3.8, 4) is 6.07 Å². The van der Waals surface area contributed by atoms with Crippen molar-refractivity contribution in [2.24, 2.45) is 0 Å². The summed E-state index contributed by atoms with van der Waals surface area (Å²) in [6, 6.07) is 9.99. The Morgan fingerprint density at radius 3 is 2.95 bits per heavy atom. The molecule has 0 unspecified atom stereocenters. The molecule has 0 saturated carbocycles. The van der Waals surface area contributed by atoms with Crippen molar-refractivity contribution >= 4 is 17.2 Å². The molecule has 112 valence electrons. The molecule has 1 spiro atoms. The molecule has 2 aromatic rings. The minimum atomic E-state index is -0.0922. The van der Waals surface area contributed by atoms with Gasteiger partial charge in [0.25, 0.3) is 0 Å². The lowest BCUT2D eigenvalue weighted by Crippen LogP contribution is -2.46. The molecule has 0 bridgehead atoms. The number of aromatic nitrogens is 1. The van der Waals surface area contributed by atoms with Gasteiger partial charge >= 0.3 is 0 Å². The van der Waals surface area contributed by atoms with E-state index in [1.807, 2.05) is 23.5 Å². The van der Waals surface area contributed by atoms with Gasteiger partial charge in [0.2, 0.25) is 0 Å². The summed E-state index contributed by atoms with van der Waals surface area (Å²) in [5, 5.41) is 11.2. The molecule has 4 heterocycles. The average molecular weight is 311 g/mol. The third-order valence-electron chi connectivity index (χ3n) is 4.65. The molecular formula is C17H17N3OS. The summed E-state index contributed by atoms with van der Waals surface area (Å²) in [6.07, 6.45) is 3.01. The van der Waals surface area contributed by atoms with Gasteiger partial charge in [0.15, 0.2) is 0 Å². The molecule has 2 aromatic heterocycles. The van der Waals surface area contributed by atoms with Gasteiger partial charge in [-0.25, -0.2) is 4.98 Å². The van der Waals surface area contributed by atoms with Gasteiger partial charge in [0.05, 0.1) is 6.61 Å². The summed E-state index contributed by atoms with van der Waals surface area (Å²) < 4.78 is 6.23. The summed E-state index contributed by atoms with van der Waals surface area (Å²) in [5.74, 6) is 0.899. The van der Waals surface area contributed by atoms with Gasteiger partial charge in [0.1, 0.15) is 23.2 Å². The zero-order valence-electron chi connectivity index (χ0n) is 12.3. The molecule has 0 atom stereocenters. The highest BCUT2D eigenvalue weighted by atomic mass is 32.1. The van der Waals surface area contributed by atoms with Crippen molar-refractivity contribution in [2.45, 2.75) is 24.9 Å². The van der Waals surface area contributed by atoms with Crippen LogP contribution in [-0.4, -0.2) is 24.7 Å². The molecule has 2 aliphatic heterocycles. The van der Waals surface area contributed by atoms with Crippen molar-refractivity contribution in [3.05, 3.63) is 45.8 Å². The molecular weight excluding hydrogens is 294 g/mol. The number of rotatable bonds is 1. The van der Waals surface area contributed by atoms with Gasteiger partial charge in [-0.2, -0.15) is 5.26 Å². The van der Waals surface area contributed by atoms with Crippen LogP contribution in [0.4, 0.5) is 5.82 Å². The topological polar surface area (TPSA) is 49.2 Å². The van der Waals surface area contributed by atoms with Crippen LogP contribution in [0.1, 0.15) is 29.0 Å². The Morgan fingerprint density at radius 1 is 1.27 bits per heavy atom. The minimum absolute atomic E-state index is 0.0922. The largest absolute Gasteiger partial charge is 0.369 e. The first-order valence-corrected chi connectivity index (χ1v) is 8.52. The molecule has 0 aliphatic carbocycles. The number of hydrogen-bond donors (Lipinski definition) is 0. The number of ether oxygens (including phenoxy) is 1. The number of fused-ring (bicyclic) bond motifs is 2. The number of nitrogens with zero attached hydrogens (tertiary/aromatic N) is 3. The Labute approximate surface area is 134 Å². The van der Waals surface area contributed by atoms with Gasteiger partial charge in [-0.3, -0.25) is 0 Å². The molecule has 5 heteroatoms. The molecule has 4 nitrogen and oxygen atoms in total. The van der Waals surface area contributed by atoms with E-state index < -0.39 is 0 Å². The maximum atomic E-state index is 9.00. The van der Waals surface area contributed by atoms with Crippen molar-refractivity contribution < 1.29 is 4.74 Å². The summed E-state index contributed by atoms with van der Waals surface area (Å²) >= 11 is 1.83. The molecule has 22 heavy (non-hydrogen) atoms. The van der Waals surface area contributed by atoms with Crippen molar-refractivity contribution in [2.75, 3.05) is 24.6 Å². The third kappa shape index (κ3) is 2.20. The van der Waals surface area contributed by atoms with E-state index in [4.69, 9.17) is 10.00 Å². The van der Waals surface area contributed by atoms with Crippen LogP contribution in [0.25, 0.3) is 0 Å². The van der Waals surface area contributed by atoms with Gasteiger partial charge < -0.3 is 9.64 Å². The second kappa shape index (κ2) is 5.38. The highest BCUT2D eigenvalue weighted by molar-refractivity contribution is 7.10. The van der Waals surface area contributed by atoms with Crippen LogP contribution in [-0.2, 0) is 16.8 Å². The van der Waals surface area contributed by atoms with Crippen LogP contribution in [0.15, 0.2) is 29.6 Å². The maximum absolute atomic E-state index is 9.00. The first-order valence-electron chi connectivity index (χ1n) is 7.64. The number of hydrogen-bond acceptors (Lipinski definition) is 5. The number of piperidine rings is 1. The smallest absolute Gasteiger partial charge is 0.142 e. The van der Waals surface area contributed by atoms with E-state index in [9.17, 15) is 0 Å². The van der Waals surface area contributed by atoms with Crippen LogP contribution in [0, 0.1) is 11.3 Å². The Kier molecular flexibility index (Phi) is 3.36. The summed E-state index contributed by atoms with van der Waals surface area (Å²) in [5.41, 5.74) is 1.85. The van der Waals surface area contributed by atoms with Crippen molar-refractivity contribution in [1.29, 1.82) is 5.26 Å². The van der Waals surface area contributed by atoms with E-state index >= 15 is 0 Å². The molecule has 4 rings (SSSR count). The molecule has 2 aliphatic rings. The van der Waals surface area contributed by atoms with Crippen LogP contribution in [0.5, 0.6) is 0 Å². The lowest BCUT2D eigenvalue weighted by Gasteiger charge is -2.44. The normalized spacial score (nSPS) is 19.7. The first-order chi connectivity index (χ1) is 10.8. The first kappa shape index (κ1) is 13.7. The molecule has 0 aromatic carbocycles. The predicted molar refractivity (Wildman–Crippen MR) is 86.1 cm³/mol. The fraction of sp³-hybridized carbons (Fsp3) is 0.412. The van der Waals surface area contributed by atoms with Gasteiger partial charge in [0, 0.05) is 18.0 Å². The highest BCUT2D eigenvalue weighted by Crippen LogP contribution is 2.44. The Balaban J connectivity index is 1.55. The van der Waals surface area contributed by atoms with E-state index in [1.54, 1.807) is 6.07 Å². The Morgan fingerprint density at radius 2 is 2.14 bits per heavy atom. The van der Waals surface area contributed by atoms with E-state index in [0.717, 1.165) is 44.8 Å². The molecule has 1 fully saturated rings. The lowest BCUT2D eigenvalue weighted by atomic mass is 9.85. The van der Waals surface area contributed by atoms with Crippen LogP contribution >= 0.6 is 11.3 Å². The van der Waals surface area contributed by atoms with Crippen LogP contribution in [0.3, 0.4) is 0 Å². The van der Waals surface area contributed by atoms with Crippen LogP contribution < -0.4 is 4.90 Å². The number of anilines is 1. The zero-order valence-corrected chi connectivity index (χ0v) is 13.1. The number of nitriles is 1. The van der Waals surface area contributed by atoms with Crippen molar-refractivity contribution in [3.63, 3.8) is 0 Å². The third-order valence-corrected chi connectivity index (χ3v) is 5.80. The molecule has 0 radical (unpaired) electrons. The fourth-order valence-corrected chi connectivity index (χ4v) is 4.65. The summed E-state index contributed by atoms with van der Waals surface area (Å²) in [4.78, 5) is 8.10. The number of pyridine rings is 1. The maximum Gasteiger partial charge on any atom is 0.142 e. The van der Waals surface area contributed by atoms with Gasteiger partial charge in [-0.05, 0) is 48.4 Å². The predicted octanol–water partition coefficient (Wildman–Crippen LogP) is 3.08. The van der Waals surface area contributed by atoms with E-state index in [2.05, 4.69) is 27.4 Å². The van der Waals surface area contributed by atoms with Crippen LogP contribution in [0.2, 0.25) is 0 Å². The summed E-state index contributed by atoms with van der Waals surface area (Å²) in [7, 11) is 0. The second-order valence-electron chi connectivity index (χ2n) is 5.85. The summed E-state index contributed by atoms with van der Waals surface area (Å²) in [6.45, 7) is 2.66. The molecule has 0 N–H and O–H groups in total. The second-order valence-corrected chi connectivity index (χ2v) is 6.76. The monoisotopic (exact) mass is 311 g/mol. The Hall–Kier alpha value is -1.90. The quantitative estimate of drug-likeness (QED) is 0.812. The zero-order chi connectivity index (χ0) is 15.0. The Bertz CT molecular complexity index is 726. The van der Waals surface area contributed by atoms with Crippen molar-refractivity contribution in [1.82, 2.24) is 4.98 Å². The van der Waals surface area contributed by atoms with Gasteiger partial charge in [-0.15, -0.1) is 11.3 Å². The fourth-order valence-electron chi connectivity index (χ4n) is 3.48. The SMILES string of the molecule is N#Cc1cccc(N2CCC3(CC2)OCCc2ccsc23)n1. The van der Waals surface area contributed by atoms with E-state index in [0.29, 0.717) is 5.69 Å². The van der Waals surface area contributed by atoms with E-state index in [-0.39, 0.29) is 5.60 Å². The highest BCUT2D eigenvalue weighted by Gasteiger charge is 2.41. The average Bonchev–Trinajstić information content (AvgIpc) is 3.06. The van der Waals surface area contributed by atoms with Gasteiger partial charge in [-0.1, -0.05) is 6.07 Å². The standard InChI is InChI=1S/C17H17N3OS/c18-12-14-2-1-3-15(19-14)20-8-6-17(7-9-20)16-13(4-10-21-17)5-11-22-16/h1-3,5,11H,4,6-10H2. The molecule has 0 amide bonds. The number of thiophene rings is 1. The molecule has 1 saturated heterocycles.